The summed E-state index contributed by atoms with van der Waals surface area (Å²) in [5.41, 5.74) is 1.41. The van der Waals surface area contributed by atoms with Crippen molar-refractivity contribution in [2.75, 3.05) is 0 Å². The fraction of sp³-hybridized carbons (Fsp3) is 0.0909. The standard InChI is InChI=1S/C22H16F2N4O2/c1-14-26-21(27-28(14)18-10-8-16(23)9-11-18)22(29)30-20(19-7-2-3-12-25-19)15-5-4-6-17(24)13-15/h2-13,20H,1H3. The number of esters is 1. The Labute approximate surface area is 170 Å². The van der Waals surface area contributed by atoms with Crippen molar-refractivity contribution in [3.63, 3.8) is 0 Å². The van der Waals surface area contributed by atoms with E-state index in [-0.39, 0.29) is 11.6 Å². The van der Waals surface area contributed by atoms with E-state index in [1.807, 2.05) is 0 Å². The molecule has 0 radical (unpaired) electrons. The summed E-state index contributed by atoms with van der Waals surface area (Å²) in [6, 6.07) is 16.5. The maximum Gasteiger partial charge on any atom is 0.379 e. The van der Waals surface area contributed by atoms with Crippen LogP contribution in [0.4, 0.5) is 8.78 Å². The third-order valence-corrected chi connectivity index (χ3v) is 4.36. The molecule has 4 rings (SSSR count). The minimum absolute atomic E-state index is 0.172. The first-order valence-electron chi connectivity index (χ1n) is 9.08. The van der Waals surface area contributed by atoms with Gasteiger partial charge in [-0.15, -0.1) is 5.10 Å². The second kappa shape index (κ2) is 8.20. The minimum Gasteiger partial charge on any atom is -0.445 e. The number of carbonyl (C=O) groups excluding carboxylic acids is 1. The van der Waals surface area contributed by atoms with Gasteiger partial charge in [0, 0.05) is 11.8 Å². The van der Waals surface area contributed by atoms with E-state index in [0.717, 1.165) is 0 Å². The van der Waals surface area contributed by atoms with Gasteiger partial charge in [0.15, 0.2) is 6.10 Å². The number of carbonyl (C=O) groups is 1. The summed E-state index contributed by atoms with van der Waals surface area (Å²) in [7, 11) is 0. The summed E-state index contributed by atoms with van der Waals surface area (Å²) in [4.78, 5) is 21.2. The van der Waals surface area contributed by atoms with Crippen LogP contribution >= 0.6 is 0 Å². The van der Waals surface area contributed by atoms with Crippen LogP contribution in [-0.2, 0) is 4.74 Å². The second-order valence-electron chi connectivity index (χ2n) is 6.47. The number of aromatic nitrogens is 4. The van der Waals surface area contributed by atoms with Gasteiger partial charge in [-0.1, -0.05) is 18.2 Å². The fourth-order valence-corrected chi connectivity index (χ4v) is 2.96. The molecule has 30 heavy (non-hydrogen) atoms. The van der Waals surface area contributed by atoms with Crippen LogP contribution in [0.2, 0.25) is 0 Å². The fourth-order valence-electron chi connectivity index (χ4n) is 2.96. The normalized spacial score (nSPS) is 11.8. The van der Waals surface area contributed by atoms with Crippen LogP contribution < -0.4 is 0 Å². The van der Waals surface area contributed by atoms with Crippen molar-refractivity contribution in [3.05, 3.63) is 107 Å². The first-order valence-corrected chi connectivity index (χ1v) is 9.08. The quantitative estimate of drug-likeness (QED) is 0.465. The maximum atomic E-state index is 13.8. The Morgan fingerprint density at radius 2 is 1.80 bits per heavy atom. The number of hydrogen-bond donors (Lipinski definition) is 0. The highest BCUT2D eigenvalue weighted by Crippen LogP contribution is 2.26. The summed E-state index contributed by atoms with van der Waals surface area (Å²) in [6.45, 7) is 1.66. The van der Waals surface area contributed by atoms with Crippen LogP contribution in [0.3, 0.4) is 0 Å². The lowest BCUT2D eigenvalue weighted by atomic mass is 10.1. The van der Waals surface area contributed by atoms with Crippen LogP contribution in [-0.4, -0.2) is 25.7 Å². The lowest BCUT2D eigenvalue weighted by molar-refractivity contribution is 0.0355. The highest BCUT2D eigenvalue weighted by atomic mass is 19.1. The van der Waals surface area contributed by atoms with Crippen LogP contribution in [0.5, 0.6) is 0 Å². The van der Waals surface area contributed by atoms with Gasteiger partial charge in [-0.05, 0) is 55.5 Å². The zero-order valence-corrected chi connectivity index (χ0v) is 15.9. The van der Waals surface area contributed by atoms with Gasteiger partial charge in [-0.3, -0.25) is 4.98 Å². The molecule has 1 unspecified atom stereocenters. The molecule has 2 aromatic heterocycles. The molecule has 2 aromatic carbocycles. The zero-order chi connectivity index (χ0) is 21.1. The van der Waals surface area contributed by atoms with Gasteiger partial charge in [-0.25, -0.2) is 23.2 Å². The molecular weight excluding hydrogens is 390 g/mol. The van der Waals surface area contributed by atoms with Crippen LogP contribution in [0, 0.1) is 18.6 Å². The first-order chi connectivity index (χ1) is 14.5. The van der Waals surface area contributed by atoms with E-state index in [2.05, 4.69) is 15.1 Å². The molecule has 0 fully saturated rings. The van der Waals surface area contributed by atoms with Crippen molar-refractivity contribution in [2.24, 2.45) is 0 Å². The van der Waals surface area contributed by atoms with Gasteiger partial charge in [0.2, 0.25) is 0 Å². The topological polar surface area (TPSA) is 69.9 Å². The van der Waals surface area contributed by atoms with Crippen molar-refractivity contribution in [1.82, 2.24) is 19.7 Å². The summed E-state index contributed by atoms with van der Waals surface area (Å²) in [5.74, 6) is -1.38. The van der Waals surface area contributed by atoms with Crippen LogP contribution in [0.1, 0.15) is 33.8 Å². The van der Waals surface area contributed by atoms with E-state index in [4.69, 9.17) is 4.74 Å². The van der Waals surface area contributed by atoms with Gasteiger partial charge >= 0.3 is 5.97 Å². The molecule has 8 heteroatoms. The second-order valence-corrected chi connectivity index (χ2v) is 6.47. The molecular formula is C22H16F2N4O2. The number of nitrogens with zero attached hydrogens (tertiary/aromatic N) is 4. The van der Waals surface area contributed by atoms with E-state index >= 15 is 0 Å². The molecule has 0 aliphatic carbocycles. The SMILES string of the molecule is Cc1nc(C(=O)OC(c2cccc(F)c2)c2ccccn2)nn1-c1ccc(F)cc1. The average Bonchev–Trinajstić information content (AvgIpc) is 3.15. The molecule has 4 aromatic rings. The van der Waals surface area contributed by atoms with E-state index in [9.17, 15) is 13.6 Å². The Morgan fingerprint density at radius 1 is 1.00 bits per heavy atom. The molecule has 0 bridgehead atoms. The van der Waals surface area contributed by atoms with E-state index in [0.29, 0.717) is 22.8 Å². The Kier molecular flexibility index (Phi) is 5.30. The smallest absolute Gasteiger partial charge is 0.379 e. The Morgan fingerprint density at radius 3 is 2.50 bits per heavy atom. The minimum atomic E-state index is -0.938. The predicted molar refractivity (Wildman–Crippen MR) is 104 cm³/mol. The molecule has 0 N–H and O–H groups in total. The third-order valence-electron chi connectivity index (χ3n) is 4.36. The monoisotopic (exact) mass is 406 g/mol. The molecule has 2 heterocycles. The van der Waals surface area contributed by atoms with Gasteiger partial charge < -0.3 is 4.74 Å². The zero-order valence-electron chi connectivity index (χ0n) is 15.9. The molecule has 0 saturated heterocycles. The molecule has 6 nitrogen and oxygen atoms in total. The predicted octanol–water partition coefficient (Wildman–Crippen LogP) is 4.20. The molecule has 0 aliphatic rings. The molecule has 0 spiro atoms. The Balaban J connectivity index is 1.65. The number of rotatable bonds is 5. The lowest BCUT2D eigenvalue weighted by Crippen LogP contribution is -2.15. The van der Waals surface area contributed by atoms with Crippen molar-refractivity contribution in [2.45, 2.75) is 13.0 Å². The van der Waals surface area contributed by atoms with Gasteiger partial charge in [-0.2, -0.15) is 0 Å². The number of hydrogen-bond acceptors (Lipinski definition) is 5. The molecule has 150 valence electrons. The summed E-state index contributed by atoms with van der Waals surface area (Å²) in [6.07, 6.45) is 0.619. The Hall–Kier alpha value is -3.94. The van der Waals surface area contributed by atoms with Gasteiger partial charge in [0.25, 0.3) is 5.82 Å². The largest absolute Gasteiger partial charge is 0.445 e. The van der Waals surface area contributed by atoms with Gasteiger partial charge in [0.1, 0.15) is 17.5 Å². The molecule has 1 atom stereocenters. The van der Waals surface area contributed by atoms with Gasteiger partial charge in [0.05, 0.1) is 11.4 Å². The molecule has 0 aliphatic heterocycles. The molecule has 0 amide bonds. The number of ether oxygens (including phenoxy) is 1. The highest BCUT2D eigenvalue weighted by Gasteiger charge is 2.25. The van der Waals surface area contributed by atoms with E-state index in [1.54, 1.807) is 37.4 Å². The van der Waals surface area contributed by atoms with Crippen molar-refractivity contribution >= 4 is 5.97 Å². The van der Waals surface area contributed by atoms with E-state index in [1.165, 1.54) is 47.1 Å². The number of halogens is 2. The Bertz CT molecular complexity index is 1180. The van der Waals surface area contributed by atoms with Crippen molar-refractivity contribution in [3.8, 4) is 5.69 Å². The highest BCUT2D eigenvalue weighted by molar-refractivity contribution is 5.85. The maximum absolute atomic E-state index is 13.8. The number of aryl methyl sites for hydroxylation is 1. The number of benzene rings is 2. The van der Waals surface area contributed by atoms with Crippen LogP contribution in [0.15, 0.2) is 72.9 Å². The third kappa shape index (κ3) is 4.07. The average molecular weight is 406 g/mol. The van der Waals surface area contributed by atoms with Crippen LogP contribution in [0.25, 0.3) is 5.69 Å². The summed E-state index contributed by atoms with van der Waals surface area (Å²) >= 11 is 0. The van der Waals surface area contributed by atoms with E-state index < -0.39 is 17.9 Å². The van der Waals surface area contributed by atoms with Crippen molar-refractivity contribution < 1.29 is 18.3 Å². The first kappa shape index (κ1) is 19.4. The molecule has 0 saturated carbocycles. The summed E-state index contributed by atoms with van der Waals surface area (Å²) in [5, 5.41) is 4.18. The number of pyridine rings is 1. The summed E-state index contributed by atoms with van der Waals surface area (Å²) < 4.78 is 34.0. The van der Waals surface area contributed by atoms with Crippen molar-refractivity contribution in [1.29, 1.82) is 0 Å². The lowest BCUT2D eigenvalue weighted by Gasteiger charge is -2.17.